The number of aromatic amines is 1. The summed E-state index contributed by atoms with van der Waals surface area (Å²) in [7, 11) is -4.32. The van der Waals surface area contributed by atoms with Crippen LogP contribution in [0.2, 0.25) is 0 Å². The minimum Gasteiger partial charge on any atom is -0.295 e. The van der Waals surface area contributed by atoms with Crippen LogP contribution in [0.15, 0.2) is 57.1 Å². The van der Waals surface area contributed by atoms with E-state index in [4.69, 9.17) is 0 Å². The summed E-state index contributed by atoms with van der Waals surface area (Å²) >= 11 is 0. The van der Waals surface area contributed by atoms with Crippen molar-refractivity contribution < 1.29 is 13.0 Å². The number of hydrogen-bond acceptors (Lipinski definition) is 5. The zero-order valence-electron chi connectivity index (χ0n) is 17.5. The summed E-state index contributed by atoms with van der Waals surface area (Å²) in [4.78, 5) is 17.7. The standard InChI is InChI=1S/C23H22N4O4S/c1-15-22(23(28)27(26-15)18-7-9-19(10-8-18)32(29,30)31)20(5-2-12-24)16-6-11-21-17(14-16)4-3-13-25-21/h6-11,14,26H,2-5,13H2,1H3,(H,29,30,31). The third kappa shape index (κ3) is 4.15. The van der Waals surface area contributed by atoms with Crippen molar-refractivity contribution in [2.45, 2.75) is 37.5 Å². The fourth-order valence-corrected chi connectivity index (χ4v) is 4.52. The molecule has 2 aromatic carbocycles. The first kappa shape index (κ1) is 21.7. The van der Waals surface area contributed by atoms with Gasteiger partial charge in [0.05, 0.1) is 27.6 Å². The van der Waals surface area contributed by atoms with E-state index in [0.717, 1.165) is 41.1 Å². The number of nitrogens with zero attached hydrogens (tertiary/aromatic N) is 3. The van der Waals surface area contributed by atoms with E-state index < -0.39 is 10.1 Å². The Labute approximate surface area is 184 Å². The molecule has 0 saturated heterocycles. The summed E-state index contributed by atoms with van der Waals surface area (Å²) in [6.07, 6.45) is 2.60. The molecule has 0 fully saturated rings. The highest BCUT2D eigenvalue weighted by atomic mass is 32.2. The van der Waals surface area contributed by atoms with Gasteiger partial charge in [0, 0.05) is 18.7 Å². The normalized spacial score (nSPS) is 14.3. The van der Waals surface area contributed by atoms with E-state index in [0.29, 0.717) is 23.4 Å². The number of aryl methyl sites for hydroxylation is 2. The van der Waals surface area contributed by atoms with Crippen LogP contribution in [0.3, 0.4) is 0 Å². The van der Waals surface area contributed by atoms with E-state index in [1.54, 1.807) is 6.92 Å². The fraction of sp³-hybridized carbons (Fsp3) is 0.261. The minimum atomic E-state index is -4.32. The fourth-order valence-electron chi connectivity index (χ4n) is 4.04. The molecule has 8 nitrogen and oxygen atoms in total. The highest BCUT2D eigenvalue weighted by molar-refractivity contribution is 7.85. The van der Waals surface area contributed by atoms with E-state index in [1.165, 1.54) is 28.9 Å². The molecule has 1 aliphatic heterocycles. The molecule has 0 radical (unpaired) electrons. The SMILES string of the molecule is Cc1[nH]n(-c2ccc(S(=O)(=O)O)cc2)c(=O)c1C(CCC#N)=c1ccc2c(c1)CCCN=2. The summed E-state index contributed by atoms with van der Waals surface area (Å²) in [5, 5.41) is 14.1. The van der Waals surface area contributed by atoms with Crippen LogP contribution in [-0.2, 0) is 16.5 Å². The Kier molecular flexibility index (Phi) is 5.82. The Balaban J connectivity index is 1.89. The number of rotatable bonds is 5. The number of benzene rings is 2. The lowest BCUT2D eigenvalue weighted by atomic mass is 9.96. The minimum absolute atomic E-state index is 0.251. The van der Waals surface area contributed by atoms with Crippen molar-refractivity contribution >= 4 is 15.7 Å². The van der Waals surface area contributed by atoms with E-state index in [1.807, 2.05) is 12.1 Å². The number of nitriles is 1. The van der Waals surface area contributed by atoms with Gasteiger partial charge in [-0.2, -0.15) is 13.7 Å². The highest BCUT2D eigenvalue weighted by Crippen LogP contribution is 2.19. The van der Waals surface area contributed by atoms with E-state index in [9.17, 15) is 23.0 Å². The highest BCUT2D eigenvalue weighted by Gasteiger charge is 2.18. The van der Waals surface area contributed by atoms with Gasteiger partial charge in [-0.25, -0.2) is 4.68 Å². The summed E-state index contributed by atoms with van der Waals surface area (Å²) in [5.41, 5.74) is 3.19. The molecule has 4 rings (SSSR count). The Morgan fingerprint density at radius 2 is 2.00 bits per heavy atom. The van der Waals surface area contributed by atoms with Crippen LogP contribution in [0, 0.1) is 18.3 Å². The predicted octanol–water partition coefficient (Wildman–Crippen LogP) is 1.79. The van der Waals surface area contributed by atoms with Gasteiger partial charge < -0.3 is 0 Å². The average molecular weight is 451 g/mol. The molecule has 32 heavy (non-hydrogen) atoms. The smallest absolute Gasteiger partial charge is 0.294 e. The third-order valence-electron chi connectivity index (χ3n) is 5.57. The van der Waals surface area contributed by atoms with Crippen LogP contribution >= 0.6 is 0 Å². The Morgan fingerprint density at radius 3 is 2.69 bits per heavy atom. The maximum absolute atomic E-state index is 13.4. The van der Waals surface area contributed by atoms with Gasteiger partial charge in [0.15, 0.2) is 0 Å². The lowest BCUT2D eigenvalue weighted by Gasteiger charge is -2.09. The number of H-pyrrole nitrogens is 1. The number of aromatic nitrogens is 2. The van der Waals surface area contributed by atoms with Gasteiger partial charge in [0.25, 0.3) is 15.7 Å². The molecule has 0 spiro atoms. The Bertz CT molecular complexity index is 1510. The summed E-state index contributed by atoms with van der Waals surface area (Å²) < 4.78 is 33.1. The van der Waals surface area contributed by atoms with E-state index in [-0.39, 0.29) is 16.9 Å². The molecule has 9 heteroatoms. The zero-order valence-corrected chi connectivity index (χ0v) is 18.3. The maximum Gasteiger partial charge on any atom is 0.294 e. The largest absolute Gasteiger partial charge is 0.295 e. The van der Waals surface area contributed by atoms with Crippen molar-refractivity contribution in [3.05, 3.63) is 80.2 Å². The quantitative estimate of drug-likeness (QED) is 0.573. The second-order valence-electron chi connectivity index (χ2n) is 7.69. The lowest BCUT2D eigenvalue weighted by Crippen LogP contribution is -2.23. The Hall–Kier alpha value is -3.48. The van der Waals surface area contributed by atoms with Crippen molar-refractivity contribution in [3.63, 3.8) is 0 Å². The van der Waals surface area contributed by atoms with Gasteiger partial charge in [0.1, 0.15) is 0 Å². The lowest BCUT2D eigenvalue weighted by molar-refractivity contribution is 0.483. The van der Waals surface area contributed by atoms with Gasteiger partial charge in [-0.15, -0.1) is 0 Å². The molecule has 1 aliphatic rings. The molecule has 2 heterocycles. The van der Waals surface area contributed by atoms with Crippen molar-refractivity contribution in [2.75, 3.05) is 6.54 Å². The topological polar surface area (TPSA) is 128 Å². The van der Waals surface area contributed by atoms with Crippen molar-refractivity contribution in [1.82, 2.24) is 9.78 Å². The number of hydrogen-bond donors (Lipinski definition) is 2. The monoisotopic (exact) mass is 450 g/mol. The second-order valence-corrected chi connectivity index (χ2v) is 9.11. The average Bonchev–Trinajstić information content (AvgIpc) is 3.07. The molecule has 0 unspecified atom stereocenters. The molecular weight excluding hydrogens is 428 g/mol. The molecule has 0 amide bonds. The van der Waals surface area contributed by atoms with Crippen molar-refractivity contribution in [1.29, 1.82) is 5.26 Å². The van der Waals surface area contributed by atoms with Crippen molar-refractivity contribution in [2.24, 2.45) is 4.99 Å². The van der Waals surface area contributed by atoms with Gasteiger partial charge in [0.2, 0.25) is 0 Å². The second kappa shape index (κ2) is 8.57. The van der Waals surface area contributed by atoms with Crippen LogP contribution < -0.4 is 16.1 Å². The number of nitrogens with one attached hydrogen (secondary N) is 1. The summed E-state index contributed by atoms with van der Waals surface area (Å²) in [5.74, 6) is 0. The van der Waals surface area contributed by atoms with Crippen LogP contribution in [0.4, 0.5) is 0 Å². The van der Waals surface area contributed by atoms with E-state index in [2.05, 4.69) is 22.2 Å². The third-order valence-corrected chi connectivity index (χ3v) is 6.44. The first-order valence-corrected chi connectivity index (χ1v) is 11.7. The first-order valence-electron chi connectivity index (χ1n) is 10.2. The molecule has 164 valence electrons. The first-order chi connectivity index (χ1) is 15.3. The van der Waals surface area contributed by atoms with Crippen LogP contribution in [0.1, 0.15) is 36.1 Å². The zero-order chi connectivity index (χ0) is 22.9. The predicted molar refractivity (Wildman–Crippen MR) is 119 cm³/mol. The summed E-state index contributed by atoms with van der Waals surface area (Å²) in [6, 6.07) is 13.5. The van der Waals surface area contributed by atoms with Gasteiger partial charge >= 0.3 is 0 Å². The van der Waals surface area contributed by atoms with Gasteiger partial charge in [-0.3, -0.25) is 19.4 Å². The molecule has 0 saturated carbocycles. The van der Waals surface area contributed by atoms with Gasteiger partial charge in [-0.05, 0) is 78.9 Å². The Morgan fingerprint density at radius 1 is 1.25 bits per heavy atom. The molecular formula is C23H22N4O4S. The molecule has 2 N–H and O–H groups in total. The number of fused-ring (bicyclic) bond motifs is 1. The van der Waals surface area contributed by atoms with Gasteiger partial charge in [-0.1, -0.05) is 6.07 Å². The van der Waals surface area contributed by atoms with Crippen LogP contribution in [-0.4, -0.2) is 29.3 Å². The molecule has 0 aliphatic carbocycles. The molecule has 0 bridgehead atoms. The molecule has 0 atom stereocenters. The van der Waals surface area contributed by atoms with Crippen LogP contribution in [0.25, 0.3) is 11.3 Å². The van der Waals surface area contributed by atoms with E-state index >= 15 is 0 Å². The van der Waals surface area contributed by atoms with Crippen LogP contribution in [0.5, 0.6) is 0 Å². The molecule has 1 aromatic heterocycles. The molecule has 3 aromatic rings. The van der Waals surface area contributed by atoms with Crippen molar-refractivity contribution in [3.8, 4) is 11.8 Å². The summed E-state index contributed by atoms with van der Waals surface area (Å²) in [6.45, 7) is 2.61. The maximum atomic E-state index is 13.4.